The van der Waals surface area contributed by atoms with Crippen LogP contribution in [0.1, 0.15) is 45.4 Å². The molecule has 0 aliphatic heterocycles. The quantitative estimate of drug-likeness (QED) is 0.525. The molecule has 0 N–H and O–H groups in total. The summed E-state index contributed by atoms with van der Waals surface area (Å²) in [6.45, 7) is 2.18. The summed E-state index contributed by atoms with van der Waals surface area (Å²) in [5, 5.41) is 0. The third kappa shape index (κ3) is 8.06. The van der Waals surface area contributed by atoms with E-state index in [1.165, 1.54) is 39.5 Å². The topological polar surface area (TPSA) is 26.3 Å². The first kappa shape index (κ1) is 11.2. The normalized spacial score (nSPS) is 9.55. The molecular formula is C8H15MoO2. The Morgan fingerprint density at radius 2 is 1.91 bits per heavy atom. The molecular weight excluding hydrogens is 224 g/mol. The van der Waals surface area contributed by atoms with Crippen LogP contribution in [0.15, 0.2) is 0 Å². The summed E-state index contributed by atoms with van der Waals surface area (Å²) < 4.78 is 4.53. The molecule has 0 unspecified atom stereocenters. The van der Waals surface area contributed by atoms with Crippen molar-refractivity contribution >= 4 is 5.97 Å². The molecule has 0 bridgehead atoms. The molecule has 0 aromatic heterocycles. The number of hydrogen-bond donors (Lipinski definition) is 0. The van der Waals surface area contributed by atoms with Crippen molar-refractivity contribution in [2.24, 2.45) is 0 Å². The fourth-order valence-electron chi connectivity index (χ4n) is 0.915. The molecule has 65 valence electrons. The molecule has 0 heterocycles. The van der Waals surface area contributed by atoms with Gasteiger partial charge in [0.25, 0.3) is 0 Å². The van der Waals surface area contributed by atoms with Crippen LogP contribution in [0.25, 0.3) is 0 Å². The van der Waals surface area contributed by atoms with E-state index in [-0.39, 0.29) is 5.97 Å². The predicted octanol–water partition coefficient (Wildman–Crippen LogP) is 2.35. The van der Waals surface area contributed by atoms with Crippen molar-refractivity contribution < 1.29 is 28.4 Å². The molecule has 0 aromatic rings. The van der Waals surface area contributed by atoms with Gasteiger partial charge in [-0.1, -0.05) is 0 Å². The van der Waals surface area contributed by atoms with Crippen LogP contribution in [0.5, 0.6) is 0 Å². The zero-order valence-corrected chi connectivity index (χ0v) is 8.97. The van der Waals surface area contributed by atoms with E-state index in [0.29, 0.717) is 6.42 Å². The first-order chi connectivity index (χ1) is 5.31. The molecule has 0 amide bonds. The molecule has 0 spiro atoms. The maximum absolute atomic E-state index is 10.6. The Balaban J connectivity index is 2.95. The minimum absolute atomic E-state index is 0.0775. The Bertz CT molecular complexity index is 104. The van der Waals surface area contributed by atoms with Crippen LogP contribution in [0, 0.1) is 0 Å². The first-order valence-electron chi connectivity index (χ1n) is 4.14. The van der Waals surface area contributed by atoms with E-state index in [2.05, 4.69) is 10.3 Å². The van der Waals surface area contributed by atoms with Crippen molar-refractivity contribution in [3.8, 4) is 0 Å². The van der Waals surface area contributed by atoms with Crippen LogP contribution in [0.3, 0.4) is 0 Å². The zero-order chi connectivity index (χ0) is 8.53. The van der Waals surface area contributed by atoms with E-state index < -0.39 is 0 Å². The Kier molecular flexibility index (Phi) is 8.38. The maximum atomic E-state index is 10.6. The summed E-state index contributed by atoms with van der Waals surface area (Å²) in [5.41, 5.74) is 0. The van der Waals surface area contributed by atoms with Gasteiger partial charge in [0.1, 0.15) is 0 Å². The second-order valence-corrected chi connectivity index (χ2v) is 3.03. The second-order valence-electron chi connectivity index (χ2n) is 2.62. The van der Waals surface area contributed by atoms with Gasteiger partial charge in [-0.15, -0.1) is 0 Å². The third-order valence-electron chi connectivity index (χ3n) is 1.58. The molecule has 0 aromatic carbocycles. The summed E-state index contributed by atoms with van der Waals surface area (Å²) >= 11 is 1.37. The number of carbonyl (C=O) groups excluding carboxylic acids is 1. The van der Waals surface area contributed by atoms with Crippen LogP contribution >= 0.6 is 0 Å². The standard InChI is InChI=1S/C8H16O2.Mo/c1-2-3-4-5-6-7-8(9)10;/h2-7H2,1H3,(H,9,10);/q;+1/p-1. The molecule has 0 radical (unpaired) electrons. The van der Waals surface area contributed by atoms with E-state index >= 15 is 0 Å². The number of carbonyl (C=O) groups is 1. The van der Waals surface area contributed by atoms with Gasteiger partial charge in [-0.25, -0.2) is 0 Å². The second kappa shape index (κ2) is 8.26. The SMILES string of the molecule is CCCCCCCC(=O)[O][Mo]. The van der Waals surface area contributed by atoms with Crippen molar-refractivity contribution in [1.82, 2.24) is 0 Å². The zero-order valence-electron chi connectivity index (χ0n) is 6.97. The molecule has 0 aliphatic rings. The summed E-state index contributed by atoms with van der Waals surface area (Å²) in [6, 6.07) is 0. The van der Waals surface area contributed by atoms with Gasteiger partial charge in [0.15, 0.2) is 0 Å². The van der Waals surface area contributed by atoms with Gasteiger partial charge in [-0.3, -0.25) is 0 Å². The fraction of sp³-hybridized carbons (Fsp3) is 0.875. The van der Waals surface area contributed by atoms with Crippen LogP contribution in [-0.4, -0.2) is 5.97 Å². The fourth-order valence-corrected chi connectivity index (χ4v) is 1.12. The van der Waals surface area contributed by atoms with Crippen molar-refractivity contribution in [2.45, 2.75) is 45.4 Å². The van der Waals surface area contributed by atoms with Crippen molar-refractivity contribution in [3.63, 3.8) is 0 Å². The summed E-state index contributed by atoms with van der Waals surface area (Å²) in [4.78, 5) is 10.6. The monoisotopic (exact) mass is 241 g/mol. The summed E-state index contributed by atoms with van der Waals surface area (Å²) in [6.07, 6.45) is 6.50. The van der Waals surface area contributed by atoms with Gasteiger partial charge in [0.2, 0.25) is 0 Å². The van der Waals surface area contributed by atoms with Gasteiger partial charge < -0.3 is 0 Å². The van der Waals surface area contributed by atoms with Crippen molar-refractivity contribution in [3.05, 3.63) is 0 Å². The Labute approximate surface area is 80.1 Å². The Morgan fingerprint density at radius 1 is 1.27 bits per heavy atom. The van der Waals surface area contributed by atoms with Crippen LogP contribution in [-0.2, 0) is 28.4 Å². The molecule has 2 nitrogen and oxygen atoms in total. The molecule has 0 saturated carbocycles. The van der Waals surface area contributed by atoms with Crippen LogP contribution in [0.4, 0.5) is 0 Å². The van der Waals surface area contributed by atoms with E-state index in [1.54, 1.807) is 0 Å². The van der Waals surface area contributed by atoms with Gasteiger partial charge >= 0.3 is 79.8 Å². The third-order valence-corrected chi connectivity index (χ3v) is 2.03. The average molecular weight is 239 g/mol. The van der Waals surface area contributed by atoms with Gasteiger partial charge in [-0.2, -0.15) is 0 Å². The molecule has 0 rings (SSSR count). The van der Waals surface area contributed by atoms with E-state index in [4.69, 9.17) is 0 Å². The molecule has 0 saturated heterocycles. The minimum atomic E-state index is -0.0775. The predicted molar refractivity (Wildman–Crippen MR) is 39.5 cm³/mol. The molecule has 0 fully saturated rings. The van der Waals surface area contributed by atoms with Gasteiger partial charge in [0.05, 0.1) is 0 Å². The Hall–Kier alpha value is 0.158. The Morgan fingerprint density at radius 3 is 2.45 bits per heavy atom. The van der Waals surface area contributed by atoms with Crippen LogP contribution < -0.4 is 0 Å². The van der Waals surface area contributed by atoms with Gasteiger partial charge in [-0.05, 0) is 0 Å². The van der Waals surface area contributed by atoms with Gasteiger partial charge in [0, 0.05) is 0 Å². The van der Waals surface area contributed by atoms with E-state index in [0.717, 1.165) is 12.8 Å². The first-order valence-corrected chi connectivity index (χ1v) is 4.95. The summed E-state index contributed by atoms with van der Waals surface area (Å²) in [5.74, 6) is -0.0775. The van der Waals surface area contributed by atoms with Crippen LogP contribution in [0.2, 0.25) is 0 Å². The van der Waals surface area contributed by atoms with E-state index in [1.807, 2.05) is 0 Å². The number of hydrogen-bond acceptors (Lipinski definition) is 2. The number of unbranched alkanes of at least 4 members (excludes halogenated alkanes) is 4. The molecule has 0 aliphatic carbocycles. The summed E-state index contributed by atoms with van der Waals surface area (Å²) in [7, 11) is 0. The molecule has 0 atom stereocenters. The van der Waals surface area contributed by atoms with Crippen molar-refractivity contribution in [2.75, 3.05) is 0 Å². The number of rotatable bonds is 6. The molecule has 11 heavy (non-hydrogen) atoms. The average Bonchev–Trinajstić information content (AvgIpc) is 2.04. The molecule has 3 heteroatoms. The van der Waals surface area contributed by atoms with E-state index in [9.17, 15) is 4.79 Å². The van der Waals surface area contributed by atoms with Crippen molar-refractivity contribution in [1.29, 1.82) is 0 Å².